The number of fused-ring (bicyclic) bond motifs is 1. The predicted octanol–water partition coefficient (Wildman–Crippen LogP) is 2.31. The van der Waals surface area contributed by atoms with Gasteiger partial charge in [0, 0.05) is 31.1 Å². The Morgan fingerprint density at radius 1 is 1.19 bits per heavy atom. The molecule has 4 rings (SSSR count). The lowest BCUT2D eigenvalue weighted by atomic mass is 10.1. The number of quaternary nitrogens is 1. The van der Waals surface area contributed by atoms with E-state index in [0.29, 0.717) is 5.56 Å². The van der Waals surface area contributed by atoms with Crippen LogP contribution in [0.1, 0.15) is 34.6 Å². The van der Waals surface area contributed by atoms with Crippen molar-refractivity contribution in [2.45, 2.75) is 26.3 Å². The second kappa shape index (κ2) is 6.92. The Kier molecular flexibility index (Phi) is 4.47. The maximum Gasteiger partial charge on any atom is 0.255 e. The van der Waals surface area contributed by atoms with Crippen molar-refractivity contribution in [2.24, 2.45) is 7.05 Å². The summed E-state index contributed by atoms with van der Waals surface area (Å²) >= 11 is 0. The van der Waals surface area contributed by atoms with E-state index in [0.717, 1.165) is 34.7 Å². The van der Waals surface area contributed by atoms with Crippen molar-refractivity contribution in [2.75, 3.05) is 18.4 Å². The van der Waals surface area contributed by atoms with Gasteiger partial charge in [-0.1, -0.05) is 18.2 Å². The first-order chi connectivity index (χ1) is 12.6. The quantitative estimate of drug-likeness (QED) is 0.759. The van der Waals surface area contributed by atoms with Gasteiger partial charge < -0.3 is 14.8 Å². The normalized spacial score (nSPS) is 14.8. The molecule has 0 saturated carbocycles. The summed E-state index contributed by atoms with van der Waals surface area (Å²) in [4.78, 5) is 19.0. The number of aromatic nitrogens is 2. The summed E-state index contributed by atoms with van der Waals surface area (Å²) in [5, 5.41) is 3.00. The van der Waals surface area contributed by atoms with E-state index < -0.39 is 0 Å². The van der Waals surface area contributed by atoms with Gasteiger partial charge in [0.05, 0.1) is 24.1 Å². The summed E-state index contributed by atoms with van der Waals surface area (Å²) < 4.78 is 2.17. The Morgan fingerprint density at radius 3 is 2.73 bits per heavy atom. The highest BCUT2D eigenvalue weighted by Crippen LogP contribution is 2.20. The number of nitrogens with zero attached hydrogens (tertiary/aromatic N) is 2. The Hall–Kier alpha value is -2.66. The van der Waals surface area contributed by atoms with Gasteiger partial charge >= 0.3 is 0 Å². The van der Waals surface area contributed by atoms with Gasteiger partial charge in [0.15, 0.2) is 5.82 Å². The van der Waals surface area contributed by atoms with Crippen LogP contribution in [-0.4, -0.2) is 28.5 Å². The second-order valence-corrected chi connectivity index (χ2v) is 7.19. The molecule has 5 heteroatoms. The van der Waals surface area contributed by atoms with Crippen molar-refractivity contribution in [3.8, 4) is 0 Å². The van der Waals surface area contributed by atoms with Crippen LogP contribution in [0.25, 0.3) is 11.0 Å². The molecular formula is C21H25N4O+. The van der Waals surface area contributed by atoms with E-state index in [-0.39, 0.29) is 5.91 Å². The second-order valence-electron chi connectivity index (χ2n) is 7.19. The molecule has 2 aromatic carbocycles. The van der Waals surface area contributed by atoms with Crippen LogP contribution in [0.3, 0.4) is 0 Å². The fourth-order valence-electron chi connectivity index (χ4n) is 3.79. The Labute approximate surface area is 153 Å². The molecule has 2 N–H and O–H groups in total. The number of carbonyl (C=O) groups is 1. The van der Waals surface area contributed by atoms with Gasteiger partial charge in [-0.25, -0.2) is 4.98 Å². The number of rotatable bonds is 4. The van der Waals surface area contributed by atoms with Crippen LogP contribution in [0, 0.1) is 6.92 Å². The molecule has 0 bridgehead atoms. The van der Waals surface area contributed by atoms with Crippen LogP contribution in [0.4, 0.5) is 5.69 Å². The molecule has 134 valence electrons. The van der Waals surface area contributed by atoms with Gasteiger partial charge in [-0.15, -0.1) is 0 Å². The number of hydrogen-bond donors (Lipinski definition) is 2. The lowest BCUT2D eigenvalue weighted by Gasteiger charge is -2.11. The summed E-state index contributed by atoms with van der Waals surface area (Å²) in [6.45, 7) is 5.39. The van der Waals surface area contributed by atoms with Crippen LogP contribution in [0.15, 0.2) is 42.5 Å². The minimum absolute atomic E-state index is 0.0832. The van der Waals surface area contributed by atoms with Crippen molar-refractivity contribution < 1.29 is 9.69 Å². The molecule has 5 nitrogen and oxygen atoms in total. The molecule has 0 aliphatic carbocycles. The molecule has 0 spiro atoms. The van der Waals surface area contributed by atoms with Crippen molar-refractivity contribution in [1.29, 1.82) is 0 Å². The fraction of sp³-hybridized carbons (Fsp3) is 0.333. The van der Waals surface area contributed by atoms with E-state index >= 15 is 0 Å². The molecule has 26 heavy (non-hydrogen) atoms. The molecule has 1 amide bonds. The van der Waals surface area contributed by atoms with Crippen molar-refractivity contribution >= 4 is 22.6 Å². The Bertz CT molecular complexity index is 954. The number of carbonyl (C=O) groups excluding carboxylic acids is 1. The average Bonchev–Trinajstić information content (AvgIpc) is 3.24. The number of likely N-dealkylation sites (tertiary alicyclic amines) is 1. The number of anilines is 1. The summed E-state index contributed by atoms with van der Waals surface area (Å²) in [5.74, 6) is 1.03. The van der Waals surface area contributed by atoms with Gasteiger partial charge in [0.1, 0.15) is 6.54 Å². The molecule has 0 unspecified atom stereocenters. The largest absolute Gasteiger partial charge is 0.329 e. The third-order valence-corrected chi connectivity index (χ3v) is 5.34. The van der Waals surface area contributed by atoms with Crippen molar-refractivity contribution in [1.82, 2.24) is 9.55 Å². The topological polar surface area (TPSA) is 51.4 Å². The van der Waals surface area contributed by atoms with Gasteiger partial charge in [0.2, 0.25) is 0 Å². The molecule has 1 aromatic heterocycles. The third-order valence-electron chi connectivity index (χ3n) is 5.34. The predicted molar refractivity (Wildman–Crippen MR) is 103 cm³/mol. The van der Waals surface area contributed by atoms with E-state index in [1.807, 2.05) is 49.4 Å². The van der Waals surface area contributed by atoms with E-state index in [2.05, 4.69) is 16.9 Å². The van der Waals surface area contributed by atoms with E-state index in [4.69, 9.17) is 4.98 Å². The Morgan fingerprint density at radius 2 is 1.96 bits per heavy atom. The molecule has 1 aliphatic rings. The lowest BCUT2D eigenvalue weighted by molar-refractivity contribution is -0.902. The zero-order valence-electron chi connectivity index (χ0n) is 15.4. The minimum atomic E-state index is -0.0832. The Balaban J connectivity index is 1.57. The molecule has 2 heterocycles. The molecule has 1 saturated heterocycles. The lowest BCUT2D eigenvalue weighted by Crippen LogP contribution is -3.08. The smallest absolute Gasteiger partial charge is 0.255 e. The number of benzene rings is 2. The zero-order valence-corrected chi connectivity index (χ0v) is 15.4. The minimum Gasteiger partial charge on any atom is -0.329 e. The first kappa shape index (κ1) is 16.8. The first-order valence-corrected chi connectivity index (χ1v) is 9.28. The number of aryl methyl sites for hydroxylation is 2. The van der Waals surface area contributed by atoms with Gasteiger partial charge in [0.25, 0.3) is 5.91 Å². The van der Waals surface area contributed by atoms with Crippen LogP contribution in [0.2, 0.25) is 0 Å². The highest BCUT2D eigenvalue weighted by atomic mass is 16.1. The summed E-state index contributed by atoms with van der Waals surface area (Å²) in [6.07, 6.45) is 2.63. The number of nitrogens with one attached hydrogen (secondary N) is 2. The number of imidazole rings is 1. The zero-order chi connectivity index (χ0) is 18.1. The highest BCUT2D eigenvalue weighted by Gasteiger charge is 2.19. The molecular weight excluding hydrogens is 324 g/mol. The SMILES string of the molecule is Cc1ccccc1C(=O)Nc1ccc2c(c1)nc(C[NH+]1CCCC1)n2C. The maximum atomic E-state index is 12.5. The summed E-state index contributed by atoms with van der Waals surface area (Å²) in [5.41, 5.74) is 4.49. The third kappa shape index (κ3) is 3.22. The van der Waals surface area contributed by atoms with E-state index in [1.54, 1.807) is 4.90 Å². The van der Waals surface area contributed by atoms with Gasteiger partial charge in [-0.3, -0.25) is 4.79 Å². The fourth-order valence-corrected chi connectivity index (χ4v) is 3.79. The molecule has 0 atom stereocenters. The summed E-state index contributed by atoms with van der Waals surface area (Å²) in [7, 11) is 2.08. The van der Waals surface area contributed by atoms with E-state index in [9.17, 15) is 4.79 Å². The molecule has 0 radical (unpaired) electrons. The number of hydrogen-bond acceptors (Lipinski definition) is 2. The number of amides is 1. The monoisotopic (exact) mass is 349 g/mol. The van der Waals surface area contributed by atoms with Gasteiger partial charge in [-0.05, 0) is 36.8 Å². The molecule has 1 fully saturated rings. The highest BCUT2D eigenvalue weighted by molar-refractivity contribution is 6.05. The van der Waals surface area contributed by atoms with Crippen molar-refractivity contribution in [3.05, 3.63) is 59.4 Å². The summed E-state index contributed by atoms with van der Waals surface area (Å²) in [6, 6.07) is 13.6. The van der Waals surface area contributed by atoms with E-state index in [1.165, 1.54) is 25.9 Å². The first-order valence-electron chi connectivity index (χ1n) is 9.28. The van der Waals surface area contributed by atoms with Crippen molar-refractivity contribution in [3.63, 3.8) is 0 Å². The van der Waals surface area contributed by atoms with Gasteiger partial charge in [-0.2, -0.15) is 0 Å². The average molecular weight is 349 g/mol. The van der Waals surface area contributed by atoms with Crippen LogP contribution >= 0.6 is 0 Å². The van der Waals surface area contributed by atoms with Crippen LogP contribution < -0.4 is 10.2 Å². The molecule has 3 aromatic rings. The van der Waals surface area contributed by atoms with Crippen LogP contribution in [0.5, 0.6) is 0 Å². The standard InChI is InChI=1S/C21H24N4O/c1-15-7-3-4-8-17(15)21(26)22-16-9-10-19-18(13-16)23-20(24(19)2)14-25-11-5-6-12-25/h3-4,7-10,13H,5-6,11-12,14H2,1-2H3,(H,22,26)/p+1. The molecule has 1 aliphatic heterocycles. The maximum absolute atomic E-state index is 12.5. The van der Waals surface area contributed by atoms with Crippen LogP contribution in [-0.2, 0) is 13.6 Å².